The SMILES string of the molecule is Cc1nn(-c2ccc(Cl)cc2)c(=S)s1. The van der Waals surface area contributed by atoms with Gasteiger partial charge in [0.2, 0.25) is 0 Å². The summed E-state index contributed by atoms with van der Waals surface area (Å²) < 4.78 is 2.50. The van der Waals surface area contributed by atoms with Crippen molar-refractivity contribution in [1.82, 2.24) is 9.78 Å². The van der Waals surface area contributed by atoms with Gasteiger partial charge in [0.05, 0.1) is 5.69 Å². The lowest BCUT2D eigenvalue weighted by Crippen LogP contribution is -1.95. The molecule has 0 saturated carbocycles. The smallest absolute Gasteiger partial charge is 0.184 e. The Morgan fingerprint density at radius 1 is 1.36 bits per heavy atom. The fraction of sp³-hybridized carbons (Fsp3) is 0.111. The van der Waals surface area contributed by atoms with E-state index in [0.29, 0.717) is 5.02 Å². The second-order valence-corrected chi connectivity index (χ2v) is 5.04. The highest BCUT2D eigenvalue weighted by atomic mass is 35.5. The molecule has 14 heavy (non-hydrogen) atoms. The van der Waals surface area contributed by atoms with Crippen molar-refractivity contribution in [2.24, 2.45) is 0 Å². The molecule has 0 unspecified atom stereocenters. The minimum absolute atomic E-state index is 0.715. The molecule has 0 amide bonds. The number of rotatable bonds is 1. The van der Waals surface area contributed by atoms with Crippen LogP contribution in [0, 0.1) is 10.9 Å². The summed E-state index contributed by atoms with van der Waals surface area (Å²) in [6.07, 6.45) is 0. The summed E-state index contributed by atoms with van der Waals surface area (Å²) in [5.74, 6) is 0. The van der Waals surface area contributed by atoms with E-state index in [9.17, 15) is 0 Å². The Bertz CT molecular complexity index is 498. The largest absolute Gasteiger partial charge is 0.212 e. The number of benzene rings is 1. The number of aryl methyl sites for hydroxylation is 1. The Kier molecular flexibility index (Phi) is 2.67. The van der Waals surface area contributed by atoms with Crippen LogP contribution in [-0.2, 0) is 0 Å². The average Bonchev–Trinajstić information content (AvgIpc) is 2.47. The van der Waals surface area contributed by atoms with Crippen LogP contribution < -0.4 is 0 Å². The molecule has 0 saturated heterocycles. The second-order valence-electron chi connectivity index (χ2n) is 2.78. The van der Waals surface area contributed by atoms with Crippen LogP contribution in [0.4, 0.5) is 0 Å². The van der Waals surface area contributed by atoms with Gasteiger partial charge in [0.25, 0.3) is 0 Å². The Labute approximate surface area is 95.8 Å². The summed E-state index contributed by atoms with van der Waals surface area (Å²) in [7, 11) is 0. The van der Waals surface area contributed by atoms with E-state index in [1.165, 1.54) is 11.3 Å². The zero-order valence-corrected chi connectivity index (χ0v) is 9.79. The fourth-order valence-corrected chi connectivity index (χ4v) is 2.36. The number of aromatic nitrogens is 2. The summed E-state index contributed by atoms with van der Waals surface area (Å²) in [6.45, 7) is 1.94. The van der Waals surface area contributed by atoms with E-state index in [4.69, 9.17) is 23.8 Å². The molecule has 5 heteroatoms. The molecule has 2 rings (SSSR count). The molecule has 72 valence electrons. The first-order valence-electron chi connectivity index (χ1n) is 3.99. The van der Waals surface area contributed by atoms with Gasteiger partial charge in [-0.25, -0.2) is 4.68 Å². The molecule has 0 fully saturated rings. The van der Waals surface area contributed by atoms with Gasteiger partial charge in [0, 0.05) is 5.02 Å². The van der Waals surface area contributed by atoms with Crippen molar-refractivity contribution in [1.29, 1.82) is 0 Å². The standard InChI is InChI=1S/C9H7ClN2S2/c1-6-11-12(9(13)14-6)8-4-2-7(10)3-5-8/h2-5H,1H3. The molecule has 0 atom stereocenters. The van der Waals surface area contributed by atoms with E-state index in [1.807, 2.05) is 31.2 Å². The first-order chi connectivity index (χ1) is 6.66. The van der Waals surface area contributed by atoms with E-state index in [0.717, 1.165) is 14.6 Å². The van der Waals surface area contributed by atoms with Gasteiger partial charge in [-0.15, -0.1) is 0 Å². The number of nitrogens with zero attached hydrogens (tertiary/aromatic N) is 2. The molecule has 0 aliphatic rings. The Balaban J connectivity index is 2.54. The van der Waals surface area contributed by atoms with Crippen LogP contribution in [0.5, 0.6) is 0 Å². The fourth-order valence-electron chi connectivity index (χ4n) is 1.12. The normalized spacial score (nSPS) is 10.4. The molecule has 2 aromatic rings. The predicted molar refractivity (Wildman–Crippen MR) is 62.0 cm³/mol. The topological polar surface area (TPSA) is 17.8 Å². The van der Waals surface area contributed by atoms with Gasteiger partial charge in [0.1, 0.15) is 5.01 Å². The Hall–Kier alpha value is -0.710. The molecule has 0 spiro atoms. The van der Waals surface area contributed by atoms with Crippen LogP contribution in [0.2, 0.25) is 5.02 Å². The first-order valence-corrected chi connectivity index (χ1v) is 5.60. The quantitative estimate of drug-likeness (QED) is 0.711. The van der Waals surface area contributed by atoms with Crippen LogP contribution >= 0.6 is 35.2 Å². The zero-order chi connectivity index (χ0) is 10.1. The molecule has 1 aromatic heterocycles. The maximum Gasteiger partial charge on any atom is 0.184 e. The van der Waals surface area contributed by atoms with Gasteiger partial charge in [-0.05, 0) is 43.4 Å². The molecule has 0 aliphatic heterocycles. The molecular weight excluding hydrogens is 236 g/mol. The monoisotopic (exact) mass is 242 g/mol. The van der Waals surface area contributed by atoms with Crippen LogP contribution in [0.1, 0.15) is 5.01 Å². The average molecular weight is 243 g/mol. The van der Waals surface area contributed by atoms with Crippen molar-refractivity contribution in [3.8, 4) is 5.69 Å². The van der Waals surface area contributed by atoms with Gasteiger partial charge < -0.3 is 0 Å². The van der Waals surface area contributed by atoms with Gasteiger partial charge in [-0.2, -0.15) is 5.10 Å². The van der Waals surface area contributed by atoms with Crippen LogP contribution in [0.3, 0.4) is 0 Å². The maximum atomic E-state index is 5.79. The van der Waals surface area contributed by atoms with E-state index in [2.05, 4.69) is 5.10 Å². The van der Waals surface area contributed by atoms with Crippen LogP contribution in [0.25, 0.3) is 5.69 Å². The molecule has 1 heterocycles. The van der Waals surface area contributed by atoms with Gasteiger partial charge >= 0.3 is 0 Å². The molecule has 0 radical (unpaired) electrons. The molecule has 2 nitrogen and oxygen atoms in total. The highest BCUT2D eigenvalue weighted by Gasteiger charge is 2.01. The summed E-state index contributed by atoms with van der Waals surface area (Å²) in [6, 6.07) is 7.45. The van der Waals surface area contributed by atoms with Crippen molar-refractivity contribution in [3.63, 3.8) is 0 Å². The van der Waals surface area contributed by atoms with Crippen molar-refractivity contribution in [2.75, 3.05) is 0 Å². The zero-order valence-electron chi connectivity index (χ0n) is 7.40. The number of hydrogen-bond acceptors (Lipinski definition) is 3. The van der Waals surface area contributed by atoms with Crippen molar-refractivity contribution in [3.05, 3.63) is 38.3 Å². The first kappa shape index (κ1) is 9.83. The summed E-state index contributed by atoms with van der Waals surface area (Å²) >= 11 is 12.5. The van der Waals surface area contributed by atoms with Crippen molar-refractivity contribution < 1.29 is 0 Å². The van der Waals surface area contributed by atoms with Crippen molar-refractivity contribution >= 4 is 35.2 Å². The third-order valence-electron chi connectivity index (χ3n) is 1.72. The molecule has 0 aliphatic carbocycles. The minimum Gasteiger partial charge on any atom is -0.212 e. The molecule has 1 aromatic carbocycles. The number of hydrogen-bond donors (Lipinski definition) is 0. The van der Waals surface area contributed by atoms with Gasteiger partial charge in [0.15, 0.2) is 3.95 Å². The molecule has 0 N–H and O–H groups in total. The van der Waals surface area contributed by atoms with E-state index in [-0.39, 0.29) is 0 Å². The summed E-state index contributed by atoms with van der Waals surface area (Å²) in [4.78, 5) is 0. The number of halogens is 1. The Morgan fingerprint density at radius 3 is 2.50 bits per heavy atom. The van der Waals surface area contributed by atoms with Crippen LogP contribution in [-0.4, -0.2) is 9.78 Å². The lowest BCUT2D eigenvalue weighted by molar-refractivity contribution is 0.853. The minimum atomic E-state index is 0.715. The van der Waals surface area contributed by atoms with Crippen LogP contribution in [0.15, 0.2) is 24.3 Å². The molecule has 0 bridgehead atoms. The lowest BCUT2D eigenvalue weighted by atomic mass is 10.3. The lowest BCUT2D eigenvalue weighted by Gasteiger charge is -1.99. The third kappa shape index (κ3) is 1.87. The summed E-state index contributed by atoms with van der Waals surface area (Å²) in [5.41, 5.74) is 0.948. The Morgan fingerprint density at radius 2 is 2.00 bits per heavy atom. The van der Waals surface area contributed by atoms with Gasteiger partial charge in [-0.3, -0.25) is 0 Å². The highest BCUT2D eigenvalue weighted by Crippen LogP contribution is 2.16. The second kappa shape index (κ2) is 3.81. The summed E-state index contributed by atoms with van der Waals surface area (Å²) in [5, 5.41) is 5.98. The third-order valence-corrected chi connectivity index (χ3v) is 3.12. The van der Waals surface area contributed by atoms with Crippen molar-refractivity contribution in [2.45, 2.75) is 6.92 Å². The van der Waals surface area contributed by atoms with E-state index < -0.39 is 0 Å². The van der Waals surface area contributed by atoms with E-state index in [1.54, 1.807) is 4.68 Å². The highest BCUT2D eigenvalue weighted by molar-refractivity contribution is 7.73. The molecular formula is C9H7ClN2S2. The predicted octanol–water partition coefficient (Wildman–Crippen LogP) is 3.63. The maximum absolute atomic E-state index is 5.79. The van der Waals surface area contributed by atoms with Gasteiger partial charge in [-0.1, -0.05) is 22.9 Å². The van der Waals surface area contributed by atoms with E-state index >= 15 is 0 Å².